The summed E-state index contributed by atoms with van der Waals surface area (Å²) in [7, 11) is 0. The Hall–Kier alpha value is -4.37. The second-order valence-corrected chi connectivity index (χ2v) is 12.3. The molecule has 0 saturated carbocycles. The normalized spacial score (nSPS) is 16.7. The molecule has 4 amide bonds. The fraction of sp³-hybridized carbons (Fsp3) is 0.125. The number of hydrogen-bond acceptors (Lipinski definition) is 4. The molecule has 0 spiro atoms. The number of carbonyl (C=O) groups is 4. The fourth-order valence-corrected chi connectivity index (χ4v) is 6.32. The van der Waals surface area contributed by atoms with Crippen LogP contribution in [0.1, 0.15) is 0 Å². The lowest BCUT2D eigenvalue weighted by atomic mass is 9.81. The third kappa shape index (κ3) is 5.01. The highest BCUT2D eigenvalue weighted by atomic mass is 35.6. The van der Waals surface area contributed by atoms with Crippen molar-refractivity contribution in [2.45, 2.75) is 3.79 Å². The summed E-state index contributed by atoms with van der Waals surface area (Å²) in [5, 5.41) is 4.78. The predicted molar refractivity (Wildman–Crippen MR) is 166 cm³/mol. The molecule has 11 heteroatoms. The molecule has 6 rings (SSSR count). The van der Waals surface area contributed by atoms with Gasteiger partial charge in [0.15, 0.2) is 3.79 Å². The SMILES string of the molecule is O=C1C(C(C2C(=O)N(c3ccccc3)N(c3ccccc3)C2=O)C(Cl)(Cl)Cl)C(=O)N(c2ccccc2)N1c1ccccc1. The Balaban J connectivity index is 1.50. The van der Waals surface area contributed by atoms with E-state index >= 15 is 0 Å². The van der Waals surface area contributed by atoms with Crippen molar-refractivity contribution in [2.24, 2.45) is 17.8 Å². The molecule has 2 aliphatic heterocycles. The van der Waals surface area contributed by atoms with Crippen molar-refractivity contribution in [1.29, 1.82) is 0 Å². The van der Waals surface area contributed by atoms with Gasteiger partial charge in [0.2, 0.25) is 0 Å². The minimum Gasteiger partial charge on any atom is -0.272 e. The number of rotatable bonds is 6. The first-order valence-electron chi connectivity index (χ1n) is 13.3. The molecule has 0 unspecified atom stereocenters. The largest absolute Gasteiger partial charge is 0.272 e. The Morgan fingerprint density at radius 1 is 0.419 bits per heavy atom. The van der Waals surface area contributed by atoms with Crippen molar-refractivity contribution in [3.8, 4) is 0 Å². The Bertz CT molecular complexity index is 1440. The van der Waals surface area contributed by atoms with Crippen LogP contribution >= 0.6 is 34.8 Å². The van der Waals surface area contributed by atoms with Gasteiger partial charge in [-0.15, -0.1) is 0 Å². The first-order valence-corrected chi connectivity index (χ1v) is 14.5. The van der Waals surface area contributed by atoms with Crippen LogP contribution in [0.15, 0.2) is 121 Å². The summed E-state index contributed by atoms with van der Waals surface area (Å²) in [6, 6.07) is 34.1. The van der Waals surface area contributed by atoms with Crippen LogP contribution in [0, 0.1) is 17.8 Å². The average Bonchev–Trinajstić information content (AvgIpc) is 3.43. The number of benzene rings is 4. The van der Waals surface area contributed by atoms with E-state index in [1.54, 1.807) is 121 Å². The number of alkyl halides is 3. The maximum atomic E-state index is 14.3. The van der Waals surface area contributed by atoms with Gasteiger partial charge in [0.1, 0.15) is 11.8 Å². The third-order valence-electron chi connectivity index (χ3n) is 7.40. The van der Waals surface area contributed by atoms with Gasteiger partial charge in [-0.05, 0) is 48.5 Å². The highest BCUT2D eigenvalue weighted by Gasteiger charge is 2.64. The van der Waals surface area contributed by atoms with Crippen LogP contribution in [0.3, 0.4) is 0 Å². The van der Waals surface area contributed by atoms with E-state index in [4.69, 9.17) is 34.8 Å². The number of nitrogens with zero attached hydrogens (tertiary/aromatic N) is 4. The molecule has 4 aromatic carbocycles. The van der Waals surface area contributed by atoms with Crippen LogP contribution in [-0.4, -0.2) is 27.4 Å². The summed E-state index contributed by atoms with van der Waals surface area (Å²) >= 11 is 19.6. The molecular formula is C32H23Cl3N4O4. The van der Waals surface area contributed by atoms with Crippen LogP contribution < -0.4 is 20.0 Å². The molecule has 2 aliphatic rings. The molecule has 4 aromatic rings. The topological polar surface area (TPSA) is 81.2 Å². The van der Waals surface area contributed by atoms with E-state index in [1.807, 2.05) is 0 Å². The van der Waals surface area contributed by atoms with E-state index in [0.29, 0.717) is 22.7 Å². The minimum atomic E-state index is -2.38. The average molecular weight is 634 g/mol. The second-order valence-electron chi connectivity index (χ2n) is 9.97. The van der Waals surface area contributed by atoms with E-state index in [1.165, 1.54) is 20.0 Å². The quantitative estimate of drug-likeness (QED) is 0.187. The summed E-state index contributed by atoms with van der Waals surface area (Å²) < 4.78 is -2.38. The van der Waals surface area contributed by atoms with Crippen molar-refractivity contribution in [1.82, 2.24) is 0 Å². The van der Waals surface area contributed by atoms with Crippen LogP contribution in [0.4, 0.5) is 22.7 Å². The number of halogens is 3. The summed E-state index contributed by atoms with van der Waals surface area (Å²) in [4.78, 5) is 57.2. The molecular weight excluding hydrogens is 611 g/mol. The van der Waals surface area contributed by atoms with E-state index < -0.39 is 45.2 Å². The van der Waals surface area contributed by atoms with E-state index in [-0.39, 0.29) is 0 Å². The number of anilines is 4. The van der Waals surface area contributed by atoms with Gasteiger partial charge in [0.25, 0.3) is 23.6 Å². The van der Waals surface area contributed by atoms with Gasteiger partial charge in [-0.1, -0.05) is 108 Å². The Kier molecular flexibility index (Phi) is 7.60. The molecule has 8 nitrogen and oxygen atoms in total. The van der Waals surface area contributed by atoms with Crippen LogP contribution in [-0.2, 0) is 19.2 Å². The maximum absolute atomic E-state index is 14.3. The zero-order chi connectivity index (χ0) is 30.3. The molecule has 2 heterocycles. The van der Waals surface area contributed by atoms with Gasteiger partial charge in [-0.2, -0.15) is 0 Å². The summed E-state index contributed by atoms with van der Waals surface area (Å²) in [6.07, 6.45) is 0. The highest BCUT2D eigenvalue weighted by Crippen LogP contribution is 2.51. The monoisotopic (exact) mass is 632 g/mol. The number of hydrogen-bond donors (Lipinski definition) is 0. The maximum Gasteiger partial charge on any atom is 0.259 e. The zero-order valence-corrected chi connectivity index (χ0v) is 24.6. The molecule has 0 aromatic heterocycles. The zero-order valence-electron chi connectivity index (χ0n) is 22.3. The summed E-state index contributed by atoms with van der Waals surface area (Å²) in [5.41, 5.74) is 1.54. The number of para-hydroxylation sites is 4. The van der Waals surface area contributed by atoms with Gasteiger partial charge < -0.3 is 0 Å². The Labute approximate surface area is 262 Å². The summed E-state index contributed by atoms with van der Waals surface area (Å²) in [5.74, 6) is -7.96. The van der Waals surface area contributed by atoms with E-state index in [0.717, 1.165) is 0 Å². The van der Waals surface area contributed by atoms with Crippen LogP contribution in [0.5, 0.6) is 0 Å². The first kappa shape index (κ1) is 28.7. The van der Waals surface area contributed by atoms with Crippen molar-refractivity contribution in [3.05, 3.63) is 121 Å². The van der Waals surface area contributed by atoms with Crippen LogP contribution in [0.2, 0.25) is 0 Å². The van der Waals surface area contributed by atoms with Crippen molar-refractivity contribution in [2.75, 3.05) is 20.0 Å². The van der Waals surface area contributed by atoms with Gasteiger partial charge >= 0.3 is 0 Å². The lowest BCUT2D eigenvalue weighted by Crippen LogP contribution is -2.46. The molecule has 43 heavy (non-hydrogen) atoms. The van der Waals surface area contributed by atoms with Gasteiger partial charge in [0, 0.05) is 5.92 Å². The summed E-state index contributed by atoms with van der Waals surface area (Å²) in [6.45, 7) is 0. The Morgan fingerprint density at radius 2 is 0.628 bits per heavy atom. The Morgan fingerprint density at radius 3 is 0.814 bits per heavy atom. The number of amides is 4. The predicted octanol–water partition coefficient (Wildman–Crippen LogP) is 6.20. The lowest BCUT2D eigenvalue weighted by Gasteiger charge is -2.29. The highest BCUT2D eigenvalue weighted by molar-refractivity contribution is 6.68. The van der Waals surface area contributed by atoms with E-state index in [2.05, 4.69) is 0 Å². The minimum absolute atomic E-state index is 0.385. The molecule has 2 saturated heterocycles. The molecule has 2 fully saturated rings. The molecule has 0 atom stereocenters. The van der Waals surface area contributed by atoms with Crippen molar-refractivity contribution < 1.29 is 19.2 Å². The number of hydrazine groups is 2. The lowest BCUT2D eigenvalue weighted by molar-refractivity contribution is -0.134. The third-order valence-corrected chi connectivity index (χ3v) is 8.15. The smallest absolute Gasteiger partial charge is 0.259 e. The molecule has 0 bridgehead atoms. The van der Waals surface area contributed by atoms with Crippen molar-refractivity contribution in [3.63, 3.8) is 0 Å². The molecule has 0 aliphatic carbocycles. The van der Waals surface area contributed by atoms with Gasteiger partial charge in [0.05, 0.1) is 22.7 Å². The van der Waals surface area contributed by atoms with Gasteiger partial charge in [-0.3, -0.25) is 19.2 Å². The molecule has 216 valence electrons. The van der Waals surface area contributed by atoms with E-state index in [9.17, 15) is 19.2 Å². The van der Waals surface area contributed by atoms with Crippen molar-refractivity contribution >= 4 is 81.2 Å². The number of carbonyl (C=O) groups excluding carboxylic acids is 4. The van der Waals surface area contributed by atoms with Crippen LogP contribution in [0.25, 0.3) is 0 Å². The fourth-order valence-electron chi connectivity index (χ4n) is 5.56. The second kappa shape index (κ2) is 11.4. The van der Waals surface area contributed by atoms with Gasteiger partial charge in [-0.25, -0.2) is 20.0 Å². The molecule has 0 radical (unpaired) electrons. The molecule has 0 N–H and O–H groups in total. The standard InChI is InChI=1S/C32H23Cl3N4O4/c33-32(34,35)27(25-28(40)36(21-13-5-1-6-14-21)37(29(25)41)22-15-7-2-8-16-22)26-30(42)38(23-17-9-3-10-18-23)39(31(26)43)24-19-11-4-12-20-24/h1-20,25-27H. The first-order chi connectivity index (χ1) is 20.7.